The van der Waals surface area contributed by atoms with Gasteiger partial charge in [-0.3, -0.25) is 4.79 Å². The van der Waals surface area contributed by atoms with Gasteiger partial charge in [0.05, 0.1) is 0 Å². The van der Waals surface area contributed by atoms with Crippen molar-refractivity contribution in [2.45, 2.75) is 37.7 Å². The number of ether oxygens (including phenoxy) is 1. The van der Waals surface area contributed by atoms with Gasteiger partial charge < -0.3 is 4.74 Å². The van der Waals surface area contributed by atoms with E-state index >= 15 is 0 Å². The molecule has 0 aromatic carbocycles. The Morgan fingerprint density at radius 1 is 1.05 bits per heavy atom. The van der Waals surface area contributed by atoms with Gasteiger partial charge in [-0.15, -0.1) is 0 Å². The molecular weight excluding hydrogens is 290 g/mol. The highest BCUT2D eigenvalue weighted by molar-refractivity contribution is 5.67. The molecule has 0 spiro atoms. The van der Waals surface area contributed by atoms with Crippen molar-refractivity contribution < 1.29 is 35.9 Å². The molecule has 0 aliphatic heterocycles. The largest absolute Gasteiger partial charge is 0.439 e. The summed E-state index contributed by atoms with van der Waals surface area (Å²) in [6.45, 7) is 0.551. The summed E-state index contributed by atoms with van der Waals surface area (Å²) in [7, 11) is 0. The van der Waals surface area contributed by atoms with E-state index in [1.165, 1.54) is 6.08 Å². The monoisotopic (exact) mass is 302 g/mol. The number of esters is 1. The van der Waals surface area contributed by atoms with E-state index in [-0.39, 0.29) is 18.8 Å². The van der Waals surface area contributed by atoms with Crippen LogP contribution in [0.25, 0.3) is 0 Å². The molecule has 0 heterocycles. The van der Waals surface area contributed by atoms with E-state index < -0.39 is 35.8 Å². The first-order valence-electron chi connectivity index (χ1n) is 6.00. The van der Waals surface area contributed by atoms with Crippen molar-refractivity contribution in [3.05, 3.63) is 12.2 Å². The van der Waals surface area contributed by atoms with Crippen molar-refractivity contribution in [1.82, 2.24) is 0 Å². The Morgan fingerprint density at radius 3 is 1.90 bits per heavy atom. The van der Waals surface area contributed by atoms with Crippen molar-refractivity contribution in [1.29, 1.82) is 0 Å². The number of fused-ring (bicyclic) bond motifs is 2. The van der Waals surface area contributed by atoms with Gasteiger partial charge in [0.2, 0.25) is 0 Å². The fraction of sp³-hybridized carbons (Fsp3) is 0.750. The lowest BCUT2D eigenvalue weighted by molar-refractivity contribution is -0.387. The van der Waals surface area contributed by atoms with Gasteiger partial charge in [-0.2, -0.15) is 26.3 Å². The minimum atomic E-state index is -5.71. The number of carbonyl (C=O) groups is 1. The van der Waals surface area contributed by atoms with Crippen LogP contribution in [0.5, 0.6) is 0 Å². The zero-order chi connectivity index (χ0) is 15.3. The lowest BCUT2D eigenvalue weighted by atomic mass is 9.77. The Kier molecular flexibility index (Phi) is 3.33. The summed E-state index contributed by atoms with van der Waals surface area (Å²) < 4.78 is 83.0. The predicted molar refractivity (Wildman–Crippen MR) is 55.5 cm³/mol. The molecule has 8 heteroatoms. The predicted octanol–water partition coefficient (Wildman–Crippen LogP) is 3.63. The Morgan fingerprint density at radius 2 is 1.60 bits per heavy atom. The third-order valence-corrected chi connectivity index (χ3v) is 3.95. The molecule has 0 amide bonds. The number of allylic oxidation sites excluding steroid dienone is 2. The Labute approximate surface area is 110 Å². The summed E-state index contributed by atoms with van der Waals surface area (Å²) in [5, 5.41) is 0. The SMILES string of the molecule is CC(=O)OC(C1CC2C=CC1C2)(C(F)(F)F)C(F)(F)F. The lowest BCUT2D eigenvalue weighted by Crippen LogP contribution is -2.64. The smallest absolute Gasteiger partial charge is 0.437 e. The molecule has 1 saturated carbocycles. The topological polar surface area (TPSA) is 26.3 Å². The molecular formula is C12H12F6O2. The average molecular weight is 302 g/mol. The van der Waals surface area contributed by atoms with Gasteiger partial charge in [0.15, 0.2) is 0 Å². The molecule has 2 aliphatic carbocycles. The molecule has 0 radical (unpaired) electrons. The van der Waals surface area contributed by atoms with Crippen molar-refractivity contribution in [3.8, 4) is 0 Å². The van der Waals surface area contributed by atoms with Crippen LogP contribution in [0.3, 0.4) is 0 Å². The van der Waals surface area contributed by atoms with E-state index in [1.807, 2.05) is 0 Å². The zero-order valence-electron chi connectivity index (χ0n) is 10.4. The fourth-order valence-corrected chi connectivity index (χ4v) is 3.25. The summed E-state index contributed by atoms with van der Waals surface area (Å²) >= 11 is 0. The van der Waals surface area contributed by atoms with Gasteiger partial charge in [-0.1, -0.05) is 12.2 Å². The first kappa shape index (κ1) is 15.2. The van der Waals surface area contributed by atoms with Crippen LogP contribution >= 0.6 is 0 Å². The number of alkyl halides is 6. The Balaban J connectivity index is 2.52. The third-order valence-electron chi connectivity index (χ3n) is 3.95. The molecule has 3 unspecified atom stereocenters. The minimum absolute atomic E-state index is 0.236. The number of carbonyl (C=O) groups excluding carboxylic acids is 1. The molecule has 2 bridgehead atoms. The van der Waals surface area contributed by atoms with Gasteiger partial charge in [-0.05, 0) is 24.7 Å². The van der Waals surface area contributed by atoms with Crippen LogP contribution in [-0.2, 0) is 9.53 Å². The molecule has 0 saturated heterocycles. The maximum absolute atomic E-state index is 13.2. The lowest BCUT2D eigenvalue weighted by Gasteiger charge is -2.42. The van der Waals surface area contributed by atoms with Crippen LogP contribution in [0.1, 0.15) is 19.8 Å². The third kappa shape index (κ3) is 2.09. The van der Waals surface area contributed by atoms with Crippen molar-refractivity contribution in [3.63, 3.8) is 0 Å². The van der Waals surface area contributed by atoms with Crippen LogP contribution in [0.2, 0.25) is 0 Å². The molecule has 2 aliphatic rings. The summed E-state index contributed by atoms with van der Waals surface area (Å²) in [5.74, 6) is -4.60. The van der Waals surface area contributed by atoms with E-state index in [4.69, 9.17) is 0 Å². The minimum Gasteiger partial charge on any atom is -0.439 e. The van der Waals surface area contributed by atoms with E-state index in [1.54, 1.807) is 6.08 Å². The molecule has 114 valence electrons. The highest BCUT2D eigenvalue weighted by Crippen LogP contribution is 2.59. The number of halogens is 6. The van der Waals surface area contributed by atoms with Gasteiger partial charge in [-0.25, -0.2) is 0 Å². The van der Waals surface area contributed by atoms with Crippen LogP contribution in [0.15, 0.2) is 12.2 Å². The van der Waals surface area contributed by atoms with Crippen molar-refractivity contribution in [2.75, 3.05) is 0 Å². The van der Waals surface area contributed by atoms with E-state index in [2.05, 4.69) is 4.74 Å². The maximum atomic E-state index is 13.2. The van der Waals surface area contributed by atoms with Crippen molar-refractivity contribution >= 4 is 5.97 Å². The Bertz CT molecular complexity index is 422. The van der Waals surface area contributed by atoms with Gasteiger partial charge >= 0.3 is 23.9 Å². The first-order chi connectivity index (χ1) is 8.99. The number of hydrogen-bond acceptors (Lipinski definition) is 2. The highest BCUT2D eigenvalue weighted by Gasteiger charge is 2.79. The second kappa shape index (κ2) is 4.39. The number of rotatable bonds is 2. The second-order valence-corrected chi connectivity index (χ2v) is 5.21. The highest BCUT2D eigenvalue weighted by atomic mass is 19.4. The quantitative estimate of drug-likeness (QED) is 0.442. The summed E-state index contributed by atoms with van der Waals surface area (Å²) in [5.41, 5.74) is -4.42. The zero-order valence-corrected chi connectivity index (χ0v) is 10.4. The van der Waals surface area contributed by atoms with E-state index in [9.17, 15) is 31.1 Å². The van der Waals surface area contributed by atoms with Crippen LogP contribution < -0.4 is 0 Å². The molecule has 0 N–H and O–H groups in total. The molecule has 20 heavy (non-hydrogen) atoms. The van der Waals surface area contributed by atoms with Gasteiger partial charge in [0.1, 0.15) is 0 Å². The molecule has 2 rings (SSSR count). The standard InChI is InChI=1S/C12H12F6O2/c1-6(19)20-10(11(13,14)15,12(16,17)18)9-5-7-2-3-8(9)4-7/h2-3,7-9H,4-5H2,1H3. The molecule has 1 fully saturated rings. The summed E-state index contributed by atoms with van der Waals surface area (Å²) in [4.78, 5) is 10.9. The van der Waals surface area contributed by atoms with Gasteiger partial charge in [0, 0.05) is 12.8 Å². The molecule has 0 aromatic heterocycles. The maximum Gasteiger partial charge on any atom is 0.437 e. The van der Waals surface area contributed by atoms with Crippen LogP contribution in [0.4, 0.5) is 26.3 Å². The van der Waals surface area contributed by atoms with Crippen LogP contribution in [-0.4, -0.2) is 23.9 Å². The summed E-state index contributed by atoms with van der Waals surface area (Å²) in [6.07, 6.45) is -8.49. The fourth-order valence-electron chi connectivity index (χ4n) is 3.25. The van der Waals surface area contributed by atoms with E-state index in [0.29, 0.717) is 6.92 Å². The van der Waals surface area contributed by atoms with E-state index in [0.717, 1.165) is 0 Å². The Hall–Kier alpha value is -1.21. The molecule has 2 nitrogen and oxygen atoms in total. The number of hydrogen-bond donors (Lipinski definition) is 0. The molecule has 0 aromatic rings. The normalized spacial score (nSPS) is 29.9. The summed E-state index contributed by atoms with van der Waals surface area (Å²) in [6, 6.07) is 0. The van der Waals surface area contributed by atoms with Crippen LogP contribution in [0, 0.1) is 17.8 Å². The second-order valence-electron chi connectivity index (χ2n) is 5.21. The average Bonchev–Trinajstić information content (AvgIpc) is 2.83. The first-order valence-corrected chi connectivity index (χ1v) is 6.00. The van der Waals surface area contributed by atoms with Crippen molar-refractivity contribution in [2.24, 2.45) is 17.8 Å². The molecule has 3 atom stereocenters. The van der Waals surface area contributed by atoms with Gasteiger partial charge in [0.25, 0.3) is 0 Å².